The Morgan fingerprint density at radius 1 is 0.903 bits per heavy atom. The summed E-state index contributed by atoms with van der Waals surface area (Å²) in [6, 6.07) is 3.40. The fraction of sp³-hybridized carbons (Fsp3) is 0.368. The van der Waals surface area contributed by atoms with Crippen molar-refractivity contribution in [3.05, 3.63) is 52.4 Å². The lowest BCUT2D eigenvalue weighted by atomic mass is 9.80. The third-order valence-electron chi connectivity index (χ3n) is 4.54. The highest BCUT2D eigenvalue weighted by Crippen LogP contribution is 2.43. The van der Waals surface area contributed by atoms with Crippen LogP contribution in [0.15, 0.2) is 46.8 Å². The van der Waals surface area contributed by atoms with E-state index < -0.39 is 41.0 Å². The second kappa shape index (κ2) is 8.52. The topological polar surface area (TPSA) is 67.9 Å². The maximum absolute atomic E-state index is 13.1. The highest BCUT2D eigenvalue weighted by molar-refractivity contribution is 5.99. The Labute approximate surface area is 173 Å². The van der Waals surface area contributed by atoms with E-state index in [1.54, 1.807) is 0 Å². The van der Waals surface area contributed by atoms with Crippen molar-refractivity contribution >= 4 is 17.6 Å². The highest BCUT2D eigenvalue weighted by Gasteiger charge is 2.54. The van der Waals surface area contributed by atoms with Crippen LogP contribution in [-0.2, 0) is 19.1 Å². The number of methoxy groups -OCH3 is 2. The first-order valence-corrected chi connectivity index (χ1v) is 8.63. The maximum Gasteiger partial charge on any atom is 0.491 e. The molecule has 12 heteroatoms. The van der Waals surface area contributed by atoms with E-state index in [0.717, 1.165) is 20.3 Å². The average Bonchev–Trinajstić information content (AvgIpc) is 2.64. The van der Waals surface area contributed by atoms with E-state index in [4.69, 9.17) is 9.47 Å². The molecule has 0 amide bonds. The molecule has 170 valence electrons. The first-order chi connectivity index (χ1) is 14.2. The number of carbonyl (C=O) groups is 2. The number of carbonyl (C=O) groups excluding carboxylic acids is 2. The summed E-state index contributed by atoms with van der Waals surface area (Å²) in [5.74, 6) is -3.17. The van der Waals surface area contributed by atoms with Gasteiger partial charge in [-0.25, -0.2) is 9.59 Å². The number of benzene rings is 1. The van der Waals surface area contributed by atoms with E-state index in [1.807, 2.05) is 0 Å². The Kier molecular flexibility index (Phi) is 6.62. The molecule has 1 aromatic rings. The minimum Gasteiger partial charge on any atom is -0.466 e. The molecule has 0 saturated heterocycles. The summed E-state index contributed by atoms with van der Waals surface area (Å²) in [7, 11) is 2.10. The van der Waals surface area contributed by atoms with Gasteiger partial charge in [-0.05, 0) is 31.5 Å². The molecule has 2 rings (SSSR count). The minimum atomic E-state index is -5.77. The molecule has 0 saturated carbocycles. The lowest BCUT2D eigenvalue weighted by Gasteiger charge is -2.32. The van der Waals surface area contributed by atoms with Gasteiger partial charge in [0.2, 0.25) is 0 Å². The molecule has 1 aliphatic heterocycles. The van der Waals surface area contributed by atoms with E-state index in [-0.39, 0.29) is 28.1 Å². The molecule has 0 bridgehead atoms. The van der Waals surface area contributed by atoms with Gasteiger partial charge in [0.1, 0.15) is 0 Å². The summed E-state index contributed by atoms with van der Waals surface area (Å²) < 4.78 is 88.3. The standard InChI is InChI=1S/C19H18F6N2O4/c1-9-13(16(28)30-3)15(14(10(2)26-9)17(29)31-4)11-6-5-7-12(8-11)27(18(20,21)22)19(23,24)25/h5-8,15,26H,1-4H3. The Morgan fingerprint density at radius 3 is 1.74 bits per heavy atom. The van der Waals surface area contributed by atoms with Crippen molar-refractivity contribution < 1.29 is 45.4 Å². The summed E-state index contributed by atoms with van der Waals surface area (Å²) in [4.78, 5) is 23.1. The molecule has 0 unspecified atom stereocenters. The lowest BCUT2D eigenvalue weighted by molar-refractivity contribution is -0.226. The minimum absolute atomic E-state index is 0.156. The molecule has 6 nitrogen and oxygen atoms in total. The van der Waals surface area contributed by atoms with E-state index in [1.165, 1.54) is 19.9 Å². The Balaban J connectivity index is 2.77. The van der Waals surface area contributed by atoms with Crippen LogP contribution in [0.5, 0.6) is 0 Å². The number of alkyl halides is 6. The van der Waals surface area contributed by atoms with Crippen LogP contribution in [0, 0.1) is 0 Å². The number of hydrogen-bond donors (Lipinski definition) is 1. The van der Waals surface area contributed by atoms with Crippen molar-refractivity contribution in [2.45, 2.75) is 32.4 Å². The molecule has 1 N–H and O–H groups in total. The monoisotopic (exact) mass is 452 g/mol. The first-order valence-electron chi connectivity index (χ1n) is 8.63. The number of ether oxygens (including phenoxy) is 2. The molecule has 31 heavy (non-hydrogen) atoms. The first kappa shape index (κ1) is 24.1. The molecule has 1 heterocycles. The van der Waals surface area contributed by atoms with E-state index >= 15 is 0 Å². The lowest BCUT2D eigenvalue weighted by Crippen LogP contribution is -2.48. The molecule has 0 aromatic heterocycles. The van der Waals surface area contributed by atoms with Crippen LogP contribution in [0.4, 0.5) is 32.0 Å². The summed E-state index contributed by atoms with van der Waals surface area (Å²) in [5.41, 5.74) is -1.28. The second-order valence-electron chi connectivity index (χ2n) is 6.48. The number of rotatable bonds is 4. The molecule has 0 radical (unpaired) electrons. The van der Waals surface area contributed by atoms with Crippen LogP contribution >= 0.6 is 0 Å². The van der Waals surface area contributed by atoms with Gasteiger partial charge in [-0.15, -0.1) is 26.3 Å². The Morgan fingerprint density at radius 2 is 1.35 bits per heavy atom. The van der Waals surface area contributed by atoms with E-state index in [0.29, 0.717) is 12.1 Å². The van der Waals surface area contributed by atoms with Gasteiger partial charge in [0.15, 0.2) is 0 Å². The van der Waals surface area contributed by atoms with Gasteiger partial charge in [0.25, 0.3) is 0 Å². The summed E-state index contributed by atoms with van der Waals surface area (Å²) in [6.07, 6.45) is -11.5. The Bertz CT molecular complexity index is 897. The van der Waals surface area contributed by atoms with Crippen LogP contribution in [0.25, 0.3) is 0 Å². The number of esters is 2. The Hall–Kier alpha value is -3.18. The molecular formula is C19H18F6N2O4. The normalized spacial score (nSPS) is 15.5. The number of anilines is 1. The van der Waals surface area contributed by atoms with Gasteiger partial charge >= 0.3 is 24.5 Å². The summed E-state index contributed by atoms with van der Waals surface area (Å²) in [5, 5.41) is 2.78. The number of halogens is 6. The van der Waals surface area contributed by atoms with E-state index in [9.17, 15) is 35.9 Å². The van der Waals surface area contributed by atoms with Gasteiger partial charge in [0, 0.05) is 11.4 Å². The smallest absolute Gasteiger partial charge is 0.466 e. The number of hydrogen-bond acceptors (Lipinski definition) is 6. The van der Waals surface area contributed by atoms with Crippen molar-refractivity contribution in [1.82, 2.24) is 5.32 Å². The van der Waals surface area contributed by atoms with Crippen LogP contribution in [0.1, 0.15) is 25.3 Å². The zero-order chi connectivity index (χ0) is 23.7. The average molecular weight is 452 g/mol. The summed E-state index contributed by atoms with van der Waals surface area (Å²) in [6.45, 7) is 2.91. The number of dihydropyridines is 1. The molecule has 0 fully saturated rings. The van der Waals surface area contributed by atoms with Crippen molar-refractivity contribution in [3.8, 4) is 0 Å². The SMILES string of the molecule is COC(=O)C1=C(C)NC(C)=C(C(=O)OC)C1c1cccc(N(C(F)(F)F)C(F)(F)F)c1. The summed E-state index contributed by atoms with van der Waals surface area (Å²) >= 11 is 0. The number of nitrogens with zero attached hydrogens (tertiary/aromatic N) is 1. The number of nitrogens with one attached hydrogen (secondary N) is 1. The molecule has 1 aromatic carbocycles. The van der Waals surface area contributed by atoms with Crippen LogP contribution in [0.3, 0.4) is 0 Å². The molecular weight excluding hydrogens is 434 g/mol. The second-order valence-corrected chi connectivity index (χ2v) is 6.48. The fourth-order valence-electron chi connectivity index (χ4n) is 3.37. The predicted octanol–water partition coefficient (Wildman–Crippen LogP) is 4.11. The third-order valence-corrected chi connectivity index (χ3v) is 4.54. The van der Waals surface area contributed by atoms with Crippen LogP contribution < -0.4 is 10.2 Å². The van der Waals surface area contributed by atoms with Crippen molar-refractivity contribution in [1.29, 1.82) is 0 Å². The van der Waals surface area contributed by atoms with Gasteiger partial charge in [0.05, 0.1) is 37.0 Å². The molecule has 0 spiro atoms. The zero-order valence-electron chi connectivity index (χ0n) is 16.7. The van der Waals surface area contributed by atoms with Gasteiger partial charge in [-0.2, -0.15) is 4.90 Å². The van der Waals surface area contributed by atoms with Gasteiger partial charge in [-0.1, -0.05) is 12.1 Å². The van der Waals surface area contributed by atoms with Crippen molar-refractivity contribution in [2.75, 3.05) is 19.1 Å². The van der Waals surface area contributed by atoms with Crippen LogP contribution in [-0.4, -0.2) is 38.8 Å². The molecule has 1 aliphatic rings. The maximum atomic E-state index is 13.1. The highest BCUT2D eigenvalue weighted by atomic mass is 19.4. The van der Waals surface area contributed by atoms with Crippen molar-refractivity contribution in [2.24, 2.45) is 0 Å². The molecule has 0 atom stereocenters. The fourth-order valence-corrected chi connectivity index (χ4v) is 3.37. The van der Waals surface area contributed by atoms with E-state index in [2.05, 4.69) is 5.32 Å². The third kappa shape index (κ3) is 4.78. The largest absolute Gasteiger partial charge is 0.491 e. The molecule has 0 aliphatic carbocycles. The van der Waals surface area contributed by atoms with Crippen LogP contribution in [0.2, 0.25) is 0 Å². The predicted molar refractivity (Wildman–Crippen MR) is 96.3 cm³/mol. The van der Waals surface area contributed by atoms with Gasteiger partial charge in [-0.3, -0.25) is 0 Å². The quantitative estimate of drug-likeness (QED) is 0.421. The number of allylic oxidation sites excluding steroid dienone is 2. The van der Waals surface area contributed by atoms with Crippen molar-refractivity contribution in [3.63, 3.8) is 0 Å². The van der Waals surface area contributed by atoms with Gasteiger partial charge < -0.3 is 14.8 Å². The zero-order valence-corrected chi connectivity index (χ0v) is 16.7.